The average molecular weight is 139 g/mol. The summed E-state index contributed by atoms with van der Waals surface area (Å²) in [5.74, 6) is -0.712. The van der Waals surface area contributed by atoms with Gasteiger partial charge in [-0.05, 0) is 13.8 Å². The fourth-order valence-corrected chi connectivity index (χ4v) is 1.01. The average Bonchev–Trinajstić information content (AvgIpc) is 2.09. The second-order valence-corrected chi connectivity index (χ2v) is 2.28. The largest absolute Gasteiger partial charge is 0.292 e. The van der Waals surface area contributed by atoms with Gasteiger partial charge in [-0.1, -0.05) is 6.08 Å². The number of allylic oxidation sites excluding steroid dienone is 1. The van der Waals surface area contributed by atoms with Crippen LogP contribution in [0.5, 0.6) is 0 Å². The van der Waals surface area contributed by atoms with Crippen LogP contribution in [0.4, 0.5) is 0 Å². The van der Waals surface area contributed by atoms with E-state index < -0.39 is 0 Å². The Kier molecular flexibility index (Phi) is 1.57. The standard InChI is InChI=1S/C7H9NO2/c1-3-5-4(2)6(9)8-7(5)10/h3-4H,1-2H3,(H,8,9,10)/b5-3+. The van der Waals surface area contributed by atoms with Gasteiger partial charge in [0.1, 0.15) is 0 Å². The smallest absolute Gasteiger partial charge is 0.254 e. The summed E-state index contributed by atoms with van der Waals surface area (Å²) in [5, 5.41) is 2.22. The van der Waals surface area contributed by atoms with E-state index in [4.69, 9.17) is 0 Å². The first-order chi connectivity index (χ1) is 4.66. The summed E-state index contributed by atoms with van der Waals surface area (Å²) in [6.45, 7) is 3.47. The predicted octanol–water partition coefficient (Wildman–Crippen LogP) is 0.225. The molecule has 0 aromatic rings. The van der Waals surface area contributed by atoms with E-state index in [1.807, 2.05) is 0 Å². The van der Waals surface area contributed by atoms with E-state index in [0.29, 0.717) is 5.57 Å². The van der Waals surface area contributed by atoms with Crippen molar-refractivity contribution in [1.82, 2.24) is 5.32 Å². The first-order valence-corrected chi connectivity index (χ1v) is 3.18. The number of nitrogens with one attached hydrogen (secondary N) is 1. The van der Waals surface area contributed by atoms with Crippen LogP contribution in [-0.4, -0.2) is 11.8 Å². The maximum atomic E-state index is 10.8. The normalized spacial score (nSPS) is 29.4. The van der Waals surface area contributed by atoms with Gasteiger partial charge in [-0.3, -0.25) is 14.9 Å². The van der Waals surface area contributed by atoms with Crippen LogP contribution < -0.4 is 5.32 Å². The van der Waals surface area contributed by atoms with Gasteiger partial charge in [0.2, 0.25) is 5.91 Å². The molecule has 0 aromatic carbocycles. The van der Waals surface area contributed by atoms with Crippen molar-refractivity contribution in [3.63, 3.8) is 0 Å². The van der Waals surface area contributed by atoms with E-state index in [2.05, 4.69) is 5.32 Å². The maximum absolute atomic E-state index is 10.8. The van der Waals surface area contributed by atoms with Gasteiger partial charge in [0, 0.05) is 5.57 Å². The molecule has 3 heteroatoms. The number of hydrogen-bond donors (Lipinski definition) is 1. The Hall–Kier alpha value is -1.12. The quantitative estimate of drug-likeness (QED) is 0.385. The molecule has 10 heavy (non-hydrogen) atoms. The third-order valence-electron chi connectivity index (χ3n) is 1.67. The number of imide groups is 1. The minimum Gasteiger partial charge on any atom is -0.292 e. The van der Waals surface area contributed by atoms with Gasteiger partial charge >= 0.3 is 0 Å². The Balaban J connectivity index is 2.95. The van der Waals surface area contributed by atoms with Crippen molar-refractivity contribution in [3.05, 3.63) is 11.6 Å². The lowest BCUT2D eigenvalue weighted by molar-refractivity contribution is -0.125. The summed E-state index contributed by atoms with van der Waals surface area (Å²) in [5.41, 5.74) is 0.574. The molecule has 1 saturated heterocycles. The van der Waals surface area contributed by atoms with E-state index in [1.165, 1.54) is 0 Å². The van der Waals surface area contributed by atoms with Gasteiger partial charge in [-0.25, -0.2) is 0 Å². The molecule has 1 rings (SSSR count). The molecule has 0 aromatic heterocycles. The summed E-state index contributed by atoms with van der Waals surface area (Å²) in [7, 11) is 0. The highest BCUT2D eigenvalue weighted by molar-refractivity contribution is 6.14. The summed E-state index contributed by atoms with van der Waals surface area (Å²) in [6, 6.07) is 0. The molecule has 0 spiro atoms. The van der Waals surface area contributed by atoms with Crippen LogP contribution in [0.3, 0.4) is 0 Å². The van der Waals surface area contributed by atoms with Crippen LogP contribution in [0.1, 0.15) is 13.8 Å². The number of hydrogen-bond acceptors (Lipinski definition) is 2. The van der Waals surface area contributed by atoms with E-state index in [9.17, 15) is 9.59 Å². The van der Waals surface area contributed by atoms with Crippen molar-refractivity contribution < 1.29 is 9.59 Å². The lowest BCUT2D eigenvalue weighted by Crippen LogP contribution is -2.21. The number of rotatable bonds is 0. The van der Waals surface area contributed by atoms with Gasteiger partial charge in [0.15, 0.2) is 0 Å². The molecule has 1 heterocycles. The Bertz CT molecular complexity index is 218. The molecular weight excluding hydrogens is 130 g/mol. The Labute approximate surface area is 59.1 Å². The van der Waals surface area contributed by atoms with E-state index in [0.717, 1.165) is 0 Å². The van der Waals surface area contributed by atoms with Gasteiger partial charge < -0.3 is 0 Å². The van der Waals surface area contributed by atoms with Gasteiger partial charge in [-0.2, -0.15) is 0 Å². The minimum absolute atomic E-state index is 0.196. The van der Waals surface area contributed by atoms with Gasteiger partial charge in [-0.15, -0.1) is 0 Å². The summed E-state index contributed by atoms with van der Waals surface area (Å²) in [6.07, 6.45) is 1.67. The molecule has 1 aliphatic heterocycles. The molecule has 1 fully saturated rings. The zero-order valence-electron chi connectivity index (χ0n) is 5.97. The Morgan fingerprint density at radius 1 is 1.50 bits per heavy atom. The molecule has 0 aliphatic carbocycles. The first-order valence-electron chi connectivity index (χ1n) is 3.18. The van der Waals surface area contributed by atoms with Crippen LogP contribution in [-0.2, 0) is 9.59 Å². The SMILES string of the molecule is C/C=C1/C(=O)NC(=O)C1C. The van der Waals surface area contributed by atoms with Crippen LogP contribution >= 0.6 is 0 Å². The lowest BCUT2D eigenvalue weighted by atomic mass is 10.0. The highest BCUT2D eigenvalue weighted by Gasteiger charge is 2.31. The molecule has 0 radical (unpaired) electrons. The molecular formula is C7H9NO2. The molecule has 3 nitrogen and oxygen atoms in total. The van der Waals surface area contributed by atoms with Crippen LogP contribution in [0, 0.1) is 5.92 Å². The van der Waals surface area contributed by atoms with Crippen molar-refractivity contribution in [3.8, 4) is 0 Å². The number of carbonyl (C=O) groups is 2. The third kappa shape index (κ3) is 0.835. The Morgan fingerprint density at radius 3 is 2.30 bits per heavy atom. The van der Waals surface area contributed by atoms with E-state index in [-0.39, 0.29) is 17.7 Å². The monoisotopic (exact) mass is 139 g/mol. The third-order valence-corrected chi connectivity index (χ3v) is 1.67. The molecule has 1 N–H and O–H groups in total. The highest BCUT2D eigenvalue weighted by Crippen LogP contribution is 2.16. The van der Waals surface area contributed by atoms with E-state index in [1.54, 1.807) is 19.9 Å². The fourth-order valence-electron chi connectivity index (χ4n) is 1.01. The number of amides is 2. The first kappa shape index (κ1) is 6.99. The zero-order valence-corrected chi connectivity index (χ0v) is 5.97. The molecule has 0 bridgehead atoms. The lowest BCUT2D eigenvalue weighted by Gasteiger charge is -1.94. The predicted molar refractivity (Wildman–Crippen MR) is 36.1 cm³/mol. The minimum atomic E-state index is -0.266. The van der Waals surface area contributed by atoms with E-state index >= 15 is 0 Å². The molecule has 0 saturated carbocycles. The highest BCUT2D eigenvalue weighted by atomic mass is 16.2. The molecule has 1 aliphatic rings. The van der Waals surface area contributed by atoms with Crippen molar-refractivity contribution in [2.75, 3.05) is 0 Å². The second kappa shape index (κ2) is 2.25. The summed E-state index contributed by atoms with van der Waals surface area (Å²) < 4.78 is 0. The topological polar surface area (TPSA) is 46.2 Å². The van der Waals surface area contributed by atoms with Crippen molar-refractivity contribution >= 4 is 11.8 Å². The van der Waals surface area contributed by atoms with Gasteiger partial charge in [0.05, 0.1) is 5.92 Å². The fraction of sp³-hybridized carbons (Fsp3) is 0.429. The maximum Gasteiger partial charge on any atom is 0.254 e. The molecule has 54 valence electrons. The van der Waals surface area contributed by atoms with Gasteiger partial charge in [0.25, 0.3) is 5.91 Å². The molecule has 1 unspecified atom stereocenters. The summed E-state index contributed by atoms with van der Waals surface area (Å²) in [4.78, 5) is 21.6. The van der Waals surface area contributed by atoms with Crippen LogP contribution in [0.15, 0.2) is 11.6 Å². The molecule has 2 amide bonds. The number of carbonyl (C=O) groups excluding carboxylic acids is 2. The van der Waals surface area contributed by atoms with Crippen LogP contribution in [0.25, 0.3) is 0 Å². The van der Waals surface area contributed by atoms with Crippen LogP contribution in [0.2, 0.25) is 0 Å². The van der Waals surface area contributed by atoms with Crippen molar-refractivity contribution in [2.45, 2.75) is 13.8 Å². The molecule has 1 atom stereocenters. The Morgan fingerprint density at radius 2 is 2.10 bits per heavy atom. The zero-order chi connectivity index (χ0) is 7.72. The second-order valence-electron chi connectivity index (χ2n) is 2.28. The van der Waals surface area contributed by atoms with Crippen molar-refractivity contribution in [2.24, 2.45) is 5.92 Å². The summed E-state index contributed by atoms with van der Waals surface area (Å²) >= 11 is 0. The van der Waals surface area contributed by atoms with Crippen molar-refractivity contribution in [1.29, 1.82) is 0 Å².